The molecule has 0 atom stereocenters. The molecule has 5 heteroatoms. The highest BCUT2D eigenvalue weighted by Gasteiger charge is 2.00. The van der Waals surface area contributed by atoms with Crippen LogP contribution >= 0.6 is 11.8 Å². The van der Waals surface area contributed by atoms with E-state index in [0.29, 0.717) is 0 Å². The summed E-state index contributed by atoms with van der Waals surface area (Å²) in [4.78, 5) is 8.48. The van der Waals surface area contributed by atoms with Crippen LogP contribution in [-0.4, -0.2) is 34.5 Å². The largest absolute Gasteiger partial charge is 0.396 e. The summed E-state index contributed by atoms with van der Waals surface area (Å²) in [5, 5.41) is 12.6. The van der Waals surface area contributed by atoms with Crippen molar-refractivity contribution in [2.45, 2.75) is 18.4 Å². The topological polar surface area (TPSA) is 58.0 Å². The lowest BCUT2D eigenvalue weighted by Gasteiger charge is -2.04. The van der Waals surface area contributed by atoms with Crippen LogP contribution in [0, 0.1) is 6.92 Å². The molecule has 0 amide bonds. The third kappa shape index (κ3) is 3.51. The molecular formula is C9H15N3OS. The summed E-state index contributed by atoms with van der Waals surface area (Å²) in [5.41, 5.74) is 0. The first-order valence-electron chi connectivity index (χ1n) is 4.53. The van der Waals surface area contributed by atoms with Crippen LogP contribution in [0.1, 0.15) is 12.2 Å². The Balaban J connectivity index is 2.62. The van der Waals surface area contributed by atoms with Gasteiger partial charge in [0.25, 0.3) is 0 Å². The number of hydrogen-bond donors (Lipinski definition) is 2. The zero-order chi connectivity index (χ0) is 10.4. The van der Waals surface area contributed by atoms with Gasteiger partial charge in [-0.2, -0.15) is 0 Å². The van der Waals surface area contributed by atoms with Gasteiger partial charge in [-0.05, 0) is 13.3 Å². The number of thioether (sulfide) groups is 1. The molecule has 2 N–H and O–H groups in total. The summed E-state index contributed by atoms with van der Waals surface area (Å²) >= 11 is 1.64. The Morgan fingerprint density at radius 3 is 2.93 bits per heavy atom. The van der Waals surface area contributed by atoms with Crippen LogP contribution in [-0.2, 0) is 0 Å². The van der Waals surface area contributed by atoms with Gasteiger partial charge >= 0.3 is 0 Å². The summed E-state index contributed by atoms with van der Waals surface area (Å²) in [6.07, 6.45) is 0.794. The summed E-state index contributed by atoms with van der Waals surface area (Å²) in [6.45, 7) is 2.10. The van der Waals surface area contributed by atoms with Gasteiger partial charge in [0.05, 0.1) is 0 Å². The normalized spacial score (nSPS) is 10.2. The van der Waals surface area contributed by atoms with E-state index in [4.69, 9.17) is 5.11 Å². The maximum absolute atomic E-state index is 8.64. The third-order valence-corrected chi connectivity index (χ3v) is 2.62. The number of rotatable bonds is 5. The molecule has 0 aromatic carbocycles. The van der Waals surface area contributed by atoms with Crippen LogP contribution in [0.3, 0.4) is 0 Å². The van der Waals surface area contributed by atoms with Crippen LogP contribution in [0.4, 0.5) is 5.82 Å². The Hall–Kier alpha value is -0.810. The molecule has 0 saturated carbocycles. The van der Waals surface area contributed by atoms with Crippen molar-refractivity contribution in [3.05, 3.63) is 11.9 Å². The molecule has 0 aliphatic rings. The number of nitrogens with zero attached hydrogens (tertiary/aromatic N) is 2. The Kier molecular flexibility index (Phi) is 4.69. The van der Waals surface area contributed by atoms with Crippen molar-refractivity contribution in [1.29, 1.82) is 0 Å². The second-order valence-corrected chi connectivity index (χ2v) is 3.93. The Bertz CT molecular complexity index is 293. The van der Waals surface area contributed by atoms with E-state index in [-0.39, 0.29) is 6.61 Å². The van der Waals surface area contributed by atoms with Gasteiger partial charge in [-0.3, -0.25) is 0 Å². The van der Waals surface area contributed by atoms with Crippen LogP contribution < -0.4 is 5.32 Å². The molecule has 0 aliphatic heterocycles. The molecule has 0 bridgehead atoms. The minimum atomic E-state index is 0.232. The lowest BCUT2D eigenvalue weighted by molar-refractivity contribution is 0.296. The predicted octanol–water partition coefficient (Wildman–Crippen LogP) is 1.30. The van der Waals surface area contributed by atoms with Gasteiger partial charge in [0.15, 0.2) is 0 Å². The molecule has 4 nitrogen and oxygen atoms in total. The van der Waals surface area contributed by atoms with Crippen molar-refractivity contribution < 1.29 is 5.11 Å². The Morgan fingerprint density at radius 2 is 2.29 bits per heavy atom. The number of aromatic nitrogens is 2. The van der Waals surface area contributed by atoms with Gasteiger partial charge in [-0.15, -0.1) is 11.8 Å². The fourth-order valence-electron chi connectivity index (χ4n) is 0.984. The van der Waals surface area contributed by atoms with E-state index in [1.807, 2.05) is 20.0 Å². The lowest BCUT2D eigenvalue weighted by atomic mass is 10.5. The molecule has 78 valence electrons. The molecule has 1 aromatic rings. The van der Waals surface area contributed by atoms with Crippen molar-refractivity contribution in [2.75, 3.05) is 24.7 Å². The van der Waals surface area contributed by atoms with E-state index in [0.717, 1.165) is 28.8 Å². The summed E-state index contributed by atoms with van der Waals surface area (Å²) in [7, 11) is 1.84. The van der Waals surface area contributed by atoms with Crippen molar-refractivity contribution in [2.24, 2.45) is 0 Å². The monoisotopic (exact) mass is 213 g/mol. The first-order valence-corrected chi connectivity index (χ1v) is 5.52. The second kappa shape index (κ2) is 5.82. The molecule has 0 saturated heterocycles. The maximum Gasteiger partial charge on any atom is 0.130 e. The average molecular weight is 213 g/mol. The highest BCUT2D eigenvalue weighted by molar-refractivity contribution is 7.99. The SMILES string of the molecule is CNc1cc(SCCCO)nc(C)n1. The minimum Gasteiger partial charge on any atom is -0.396 e. The second-order valence-electron chi connectivity index (χ2n) is 2.81. The summed E-state index contributed by atoms with van der Waals surface area (Å²) < 4.78 is 0. The van der Waals surface area contributed by atoms with Gasteiger partial charge in [0, 0.05) is 25.5 Å². The van der Waals surface area contributed by atoms with E-state index < -0.39 is 0 Å². The first kappa shape index (κ1) is 11.3. The van der Waals surface area contributed by atoms with E-state index in [1.165, 1.54) is 0 Å². The van der Waals surface area contributed by atoms with Crippen molar-refractivity contribution in [1.82, 2.24) is 9.97 Å². The highest BCUT2D eigenvalue weighted by atomic mass is 32.2. The molecule has 0 aliphatic carbocycles. The molecular weight excluding hydrogens is 198 g/mol. The number of aryl methyl sites for hydroxylation is 1. The van der Waals surface area contributed by atoms with E-state index in [2.05, 4.69) is 15.3 Å². The number of nitrogens with one attached hydrogen (secondary N) is 1. The van der Waals surface area contributed by atoms with Crippen LogP contribution in [0.2, 0.25) is 0 Å². The molecule has 0 fully saturated rings. The van der Waals surface area contributed by atoms with Gasteiger partial charge in [0.2, 0.25) is 0 Å². The highest BCUT2D eigenvalue weighted by Crippen LogP contribution is 2.18. The summed E-state index contributed by atoms with van der Waals surface area (Å²) in [6, 6.07) is 1.91. The number of hydrogen-bond acceptors (Lipinski definition) is 5. The fraction of sp³-hybridized carbons (Fsp3) is 0.556. The predicted molar refractivity (Wildman–Crippen MR) is 58.7 cm³/mol. The fourth-order valence-corrected chi connectivity index (χ4v) is 1.86. The van der Waals surface area contributed by atoms with E-state index >= 15 is 0 Å². The Labute approximate surface area is 88.2 Å². The molecule has 0 spiro atoms. The molecule has 1 rings (SSSR count). The molecule has 0 unspecified atom stereocenters. The minimum absolute atomic E-state index is 0.232. The molecule has 1 heterocycles. The van der Waals surface area contributed by atoms with E-state index in [1.54, 1.807) is 11.8 Å². The number of anilines is 1. The molecule has 14 heavy (non-hydrogen) atoms. The van der Waals surface area contributed by atoms with Crippen molar-refractivity contribution in [3.8, 4) is 0 Å². The molecule has 1 aromatic heterocycles. The van der Waals surface area contributed by atoms with Gasteiger partial charge in [-0.25, -0.2) is 9.97 Å². The summed E-state index contributed by atoms with van der Waals surface area (Å²) in [5.74, 6) is 2.49. The standard InChI is InChI=1S/C9H15N3OS/c1-7-11-8(10-2)6-9(12-7)14-5-3-4-13/h6,13H,3-5H2,1-2H3,(H,10,11,12). The third-order valence-electron chi connectivity index (χ3n) is 1.62. The average Bonchev–Trinajstić information content (AvgIpc) is 2.17. The maximum atomic E-state index is 8.64. The van der Waals surface area contributed by atoms with Crippen LogP contribution in [0.5, 0.6) is 0 Å². The zero-order valence-corrected chi connectivity index (χ0v) is 9.27. The first-order chi connectivity index (χ1) is 6.76. The van der Waals surface area contributed by atoms with Crippen LogP contribution in [0.25, 0.3) is 0 Å². The van der Waals surface area contributed by atoms with Gasteiger partial charge < -0.3 is 10.4 Å². The zero-order valence-electron chi connectivity index (χ0n) is 8.45. The van der Waals surface area contributed by atoms with E-state index in [9.17, 15) is 0 Å². The van der Waals surface area contributed by atoms with Gasteiger partial charge in [-0.1, -0.05) is 0 Å². The molecule has 0 radical (unpaired) electrons. The van der Waals surface area contributed by atoms with Crippen LogP contribution in [0.15, 0.2) is 11.1 Å². The van der Waals surface area contributed by atoms with Crippen molar-refractivity contribution in [3.63, 3.8) is 0 Å². The van der Waals surface area contributed by atoms with Crippen molar-refractivity contribution >= 4 is 17.6 Å². The quantitative estimate of drug-likeness (QED) is 0.438. The smallest absolute Gasteiger partial charge is 0.130 e. The Morgan fingerprint density at radius 1 is 1.50 bits per heavy atom. The lowest BCUT2D eigenvalue weighted by Crippen LogP contribution is -1.98. The van der Waals surface area contributed by atoms with Gasteiger partial charge in [0.1, 0.15) is 16.7 Å². The number of aliphatic hydroxyl groups excluding tert-OH is 1. The number of aliphatic hydroxyl groups is 1.